The predicted molar refractivity (Wildman–Crippen MR) is 73.3 cm³/mol. The Morgan fingerprint density at radius 1 is 1.35 bits per heavy atom. The molecule has 2 rings (SSSR count). The molecule has 6 nitrogen and oxygen atoms in total. The molecule has 0 aliphatic heterocycles. The molecule has 0 saturated carbocycles. The second kappa shape index (κ2) is 5.24. The van der Waals surface area contributed by atoms with Gasteiger partial charge in [0.1, 0.15) is 5.69 Å². The maximum Gasteiger partial charge on any atom is 0.353 e. The van der Waals surface area contributed by atoms with Crippen molar-refractivity contribution in [2.75, 3.05) is 7.11 Å². The Morgan fingerprint density at radius 3 is 2.55 bits per heavy atom. The maximum atomic E-state index is 10.9. The van der Waals surface area contributed by atoms with E-state index in [1.807, 2.05) is 13.8 Å². The molecule has 1 heterocycles. The Hall–Kier alpha value is -2.50. The lowest BCUT2D eigenvalue weighted by Crippen LogP contribution is -1.95. The quantitative estimate of drug-likeness (QED) is 0.797. The third-order valence-corrected chi connectivity index (χ3v) is 3.07. The summed E-state index contributed by atoms with van der Waals surface area (Å²) in [6.07, 6.45) is 0. The van der Waals surface area contributed by atoms with Gasteiger partial charge >= 0.3 is 5.97 Å². The van der Waals surface area contributed by atoms with Crippen LogP contribution in [0.2, 0.25) is 0 Å². The average Bonchev–Trinajstić information content (AvgIpc) is 2.88. The molecule has 0 amide bonds. The number of rotatable bonds is 4. The monoisotopic (exact) mass is 276 g/mol. The number of benzene rings is 1. The van der Waals surface area contributed by atoms with Crippen molar-refractivity contribution in [3.05, 3.63) is 29.5 Å². The van der Waals surface area contributed by atoms with Gasteiger partial charge in [-0.15, -0.1) is 0 Å². The molecule has 0 unspecified atom stereocenters. The van der Waals surface area contributed by atoms with Crippen LogP contribution in [0.5, 0.6) is 11.5 Å². The summed E-state index contributed by atoms with van der Waals surface area (Å²) in [5, 5.41) is 25.4. The lowest BCUT2D eigenvalue weighted by molar-refractivity contribution is 0.0690. The van der Waals surface area contributed by atoms with Crippen LogP contribution in [0.25, 0.3) is 11.3 Å². The standard InChI is InChI=1S/C14H16N2O4/c1-7(2)8-4-9(13(17)12(5-8)20-3)10-6-11(14(18)19)16-15-10/h4-7,17H,1-3H3,(H,15,16)(H,18,19). The zero-order chi connectivity index (χ0) is 14.9. The third kappa shape index (κ3) is 2.45. The van der Waals surface area contributed by atoms with Crippen LogP contribution < -0.4 is 4.74 Å². The first-order valence-corrected chi connectivity index (χ1v) is 6.14. The number of carboxylic acids is 1. The van der Waals surface area contributed by atoms with Crippen LogP contribution in [0, 0.1) is 0 Å². The fourth-order valence-electron chi connectivity index (χ4n) is 1.88. The number of carboxylic acid groups (broad SMARTS) is 1. The highest BCUT2D eigenvalue weighted by molar-refractivity contribution is 5.87. The first kappa shape index (κ1) is 13.9. The fourth-order valence-corrected chi connectivity index (χ4v) is 1.88. The second-order valence-corrected chi connectivity index (χ2v) is 4.75. The Morgan fingerprint density at radius 2 is 2.05 bits per heavy atom. The first-order valence-electron chi connectivity index (χ1n) is 6.14. The fraction of sp³-hybridized carbons (Fsp3) is 0.286. The molecule has 0 bridgehead atoms. The largest absolute Gasteiger partial charge is 0.504 e. The summed E-state index contributed by atoms with van der Waals surface area (Å²) < 4.78 is 5.15. The van der Waals surface area contributed by atoms with Gasteiger partial charge in [-0.05, 0) is 29.7 Å². The van der Waals surface area contributed by atoms with Crippen LogP contribution >= 0.6 is 0 Å². The summed E-state index contributed by atoms with van der Waals surface area (Å²) in [5.74, 6) is -0.581. The van der Waals surface area contributed by atoms with Crippen molar-refractivity contribution in [3.63, 3.8) is 0 Å². The Bertz CT molecular complexity index is 647. The number of phenols is 1. The molecule has 0 spiro atoms. The third-order valence-electron chi connectivity index (χ3n) is 3.07. The number of nitrogens with zero attached hydrogens (tertiary/aromatic N) is 1. The van der Waals surface area contributed by atoms with Crippen molar-refractivity contribution in [1.29, 1.82) is 0 Å². The number of carbonyl (C=O) groups is 1. The van der Waals surface area contributed by atoms with Crippen molar-refractivity contribution in [2.24, 2.45) is 0 Å². The molecule has 6 heteroatoms. The van der Waals surface area contributed by atoms with Gasteiger partial charge in [-0.3, -0.25) is 5.10 Å². The molecule has 106 valence electrons. The van der Waals surface area contributed by atoms with Crippen LogP contribution in [0.15, 0.2) is 18.2 Å². The summed E-state index contributed by atoms with van der Waals surface area (Å²) in [4.78, 5) is 10.9. The minimum atomic E-state index is -1.10. The average molecular weight is 276 g/mol. The number of H-pyrrole nitrogens is 1. The van der Waals surface area contributed by atoms with Gasteiger partial charge in [-0.1, -0.05) is 13.8 Å². The van der Waals surface area contributed by atoms with E-state index in [-0.39, 0.29) is 17.4 Å². The number of hydrogen-bond acceptors (Lipinski definition) is 4. The van der Waals surface area contributed by atoms with Crippen LogP contribution in [-0.2, 0) is 0 Å². The number of nitrogens with one attached hydrogen (secondary N) is 1. The first-order chi connectivity index (χ1) is 9.43. The molecule has 1 aromatic heterocycles. The van der Waals surface area contributed by atoms with Crippen LogP contribution in [0.3, 0.4) is 0 Å². The van der Waals surface area contributed by atoms with Gasteiger partial charge in [0, 0.05) is 5.56 Å². The van der Waals surface area contributed by atoms with Crippen molar-refractivity contribution < 1.29 is 19.7 Å². The van der Waals surface area contributed by atoms with E-state index in [1.54, 1.807) is 12.1 Å². The number of hydrogen-bond donors (Lipinski definition) is 3. The van der Waals surface area contributed by atoms with Crippen LogP contribution in [0.1, 0.15) is 35.8 Å². The molecule has 0 radical (unpaired) electrons. The highest BCUT2D eigenvalue weighted by Crippen LogP contribution is 2.39. The SMILES string of the molecule is COc1cc(C(C)C)cc(-c2cc(C(=O)O)[nH]n2)c1O. The van der Waals surface area contributed by atoms with Gasteiger partial charge in [0.25, 0.3) is 0 Å². The van der Waals surface area contributed by atoms with Crippen molar-refractivity contribution in [1.82, 2.24) is 10.2 Å². The lowest BCUT2D eigenvalue weighted by atomic mass is 9.98. The van der Waals surface area contributed by atoms with Crippen LogP contribution in [0.4, 0.5) is 0 Å². The second-order valence-electron chi connectivity index (χ2n) is 4.75. The van der Waals surface area contributed by atoms with Gasteiger partial charge in [0.2, 0.25) is 0 Å². The molecule has 3 N–H and O–H groups in total. The van der Waals surface area contributed by atoms with Crippen molar-refractivity contribution in [2.45, 2.75) is 19.8 Å². The van der Waals surface area contributed by atoms with Crippen molar-refractivity contribution >= 4 is 5.97 Å². The zero-order valence-electron chi connectivity index (χ0n) is 11.5. The van der Waals surface area contributed by atoms with E-state index in [1.165, 1.54) is 13.2 Å². The van der Waals surface area contributed by atoms with Gasteiger partial charge in [0.05, 0.1) is 12.8 Å². The number of aromatic hydroxyl groups is 1. The molecule has 0 aliphatic carbocycles. The smallest absolute Gasteiger partial charge is 0.353 e. The number of phenolic OH excluding ortho intramolecular Hbond substituents is 1. The van der Waals surface area contributed by atoms with Gasteiger partial charge < -0.3 is 14.9 Å². The van der Waals surface area contributed by atoms with E-state index in [0.717, 1.165) is 5.56 Å². The van der Waals surface area contributed by atoms with E-state index in [9.17, 15) is 9.90 Å². The van der Waals surface area contributed by atoms with Gasteiger partial charge in [-0.2, -0.15) is 5.10 Å². The van der Waals surface area contributed by atoms with E-state index >= 15 is 0 Å². The van der Waals surface area contributed by atoms with Gasteiger partial charge in [-0.25, -0.2) is 4.79 Å². The minimum absolute atomic E-state index is 0.0340. The number of aromatic nitrogens is 2. The number of aromatic amines is 1. The normalized spacial score (nSPS) is 10.8. The Kier molecular flexibility index (Phi) is 3.65. The molecule has 2 aromatic rings. The van der Waals surface area contributed by atoms with E-state index in [4.69, 9.17) is 9.84 Å². The van der Waals surface area contributed by atoms with E-state index < -0.39 is 5.97 Å². The molecule has 1 aromatic carbocycles. The number of methoxy groups -OCH3 is 1. The zero-order valence-corrected chi connectivity index (χ0v) is 11.5. The summed E-state index contributed by atoms with van der Waals surface area (Å²) in [5.41, 5.74) is 1.74. The highest BCUT2D eigenvalue weighted by Gasteiger charge is 2.17. The molecule has 0 saturated heterocycles. The molecule has 0 fully saturated rings. The molecule has 0 atom stereocenters. The van der Waals surface area contributed by atoms with E-state index in [2.05, 4.69) is 10.2 Å². The molecular weight excluding hydrogens is 260 g/mol. The van der Waals surface area contributed by atoms with Gasteiger partial charge in [0.15, 0.2) is 11.5 Å². The van der Waals surface area contributed by atoms with E-state index in [0.29, 0.717) is 17.0 Å². The van der Waals surface area contributed by atoms with Crippen molar-refractivity contribution in [3.8, 4) is 22.8 Å². The summed E-state index contributed by atoms with van der Waals surface area (Å²) in [6.45, 7) is 4.03. The topological polar surface area (TPSA) is 95.4 Å². The lowest BCUT2D eigenvalue weighted by Gasteiger charge is -2.13. The summed E-state index contributed by atoms with van der Waals surface area (Å²) >= 11 is 0. The number of aromatic carboxylic acids is 1. The maximum absolute atomic E-state index is 10.9. The van der Waals surface area contributed by atoms with Crippen LogP contribution in [-0.4, -0.2) is 33.5 Å². The Balaban J connectivity index is 2.59. The molecule has 0 aliphatic rings. The number of ether oxygens (including phenoxy) is 1. The molecule has 20 heavy (non-hydrogen) atoms. The highest BCUT2D eigenvalue weighted by atomic mass is 16.5. The summed E-state index contributed by atoms with van der Waals surface area (Å²) in [7, 11) is 1.47. The Labute approximate surface area is 116 Å². The predicted octanol–water partition coefficient (Wildman–Crippen LogP) is 2.61. The summed E-state index contributed by atoms with van der Waals surface area (Å²) in [6, 6.07) is 4.92. The molecular formula is C14H16N2O4. The minimum Gasteiger partial charge on any atom is -0.504 e.